The Morgan fingerprint density at radius 2 is 1.00 bits per heavy atom. The molecule has 6 heteroatoms. The molecular formula is C50H28N4OS. The van der Waals surface area contributed by atoms with Crippen molar-refractivity contribution in [2.45, 2.75) is 0 Å². The molecule has 4 heterocycles. The maximum atomic E-state index is 7.08. The Bertz CT molecular complexity index is 3550. The third-order valence-corrected chi connectivity index (χ3v) is 12.1. The van der Waals surface area contributed by atoms with Crippen LogP contribution in [0.5, 0.6) is 0 Å². The second-order valence-electron chi connectivity index (χ2n) is 14.1. The van der Waals surface area contributed by atoms with Gasteiger partial charge in [0.1, 0.15) is 11.2 Å². The van der Waals surface area contributed by atoms with Crippen LogP contribution in [0.25, 0.3) is 120 Å². The Labute approximate surface area is 324 Å². The number of pyridine rings is 1. The summed E-state index contributed by atoms with van der Waals surface area (Å²) in [6, 6.07) is 59.0. The molecule has 0 aliphatic carbocycles. The van der Waals surface area contributed by atoms with E-state index < -0.39 is 0 Å². The fourth-order valence-electron chi connectivity index (χ4n) is 8.31. The van der Waals surface area contributed by atoms with Gasteiger partial charge < -0.3 is 4.42 Å². The van der Waals surface area contributed by atoms with Crippen molar-refractivity contribution < 1.29 is 4.42 Å². The average Bonchev–Trinajstić information content (AvgIpc) is 3.84. The topological polar surface area (TPSA) is 64.7 Å². The van der Waals surface area contributed by atoms with Crippen LogP contribution in [-0.2, 0) is 0 Å². The van der Waals surface area contributed by atoms with Gasteiger partial charge in [-0.1, -0.05) is 140 Å². The van der Waals surface area contributed by atoms with Crippen LogP contribution >= 0.6 is 11.3 Å². The number of thiophene rings is 1. The van der Waals surface area contributed by atoms with Crippen molar-refractivity contribution in [1.29, 1.82) is 0 Å². The normalized spacial score (nSPS) is 11.9. The zero-order valence-electron chi connectivity index (χ0n) is 29.8. The Kier molecular flexibility index (Phi) is 6.73. The van der Waals surface area contributed by atoms with Crippen LogP contribution < -0.4 is 0 Å². The molecule has 5 nitrogen and oxygen atoms in total. The molecule has 0 unspecified atom stereocenters. The predicted molar refractivity (Wildman–Crippen MR) is 232 cm³/mol. The Morgan fingerprint density at radius 1 is 0.375 bits per heavy atom. The molecule has 0 atom stereocenters. The summed E-state index contributed by atoms with van der Waals surface area (Å²) in [5.74, 6) is 1.78. The third kappa shape index (κ3) is 4.73. The predicted octanol–water partition coefficient (Wildman–Crippen LogP) is 13.7. The minimum atomic E-state index is 0.555. The van der Waals surface area contributed by atoms with E-state index in [9.17, 15) is 0 Å². The molecule has 0 aliphatic heterocycles. The second-order valence-corrected chi connectivity index (χ2v) is 15.2. The lowest BCUT2D eigenvalue weighted by molar-refractivity contribution is 0.673. The fraction of sp³-hybridized carbons (Fsp3) is 0. The highest BCUT2D eigenvalue weighted by Gasteiger charge is 2.22. The van der Waals surface area contributed by atoms with Gasteiger partial charge in [0.15, 0.2) is 17.5 Å². The number of hydrogen-bond donors (Lipinski definition) is 0. The summed E-state index contributed by atoms with van der Waals surface area (Å²) in [4.78, 5) is 20.8. The molecule has 12 rings (SSSR count). The first-order chi connectivity index (χ1) is 27.7. The number of fused-ring (bicyclic) bond motifs is 11. The highest BCUT2D eigenvalue weighted by atomic mass is 32.1. The van der Waals surface area contributed by atoms with E-state index in [-0.39, 0.29) is 0 Å². The van der Waals surface area contributed by atoms with Crippen molar-refractivity contribution in [1.82, 2.24) is 19.9 Å². The SMILES string of the molecule is c1ccc(-c2nc3ccccc3c3c2ccc2c4cccc(-c5nc(-c6ccc7c(c6)sc6ccccc67)nc(-c6cccc7ccccc67)n5)c4oc23)cc1. The van der Waals surface area contributed by atoms with E-state index in [4.69, 9.17) is 24.4 Å². The molecule has 12 aromatic rings. The Morgan fingerprint density at radius 3 is 1.91 bits per heavy atom. The lowest BCUT2D eigenvalue weighted by atomic mass is 9.97. The minimum absolute atomic E-state index is 0.555. The highest BCUT2D eigenvalue weighted by Crippen LogP contribution is 2.43. The monoisotopic (exact) mass is 732 g/mol. The molecule has 0 amide bonds. The van der Waals surface area contributed by atoms with Crippen molar-refractivity contribution in [3.05, 3.63) is 170 Å². The van der Waals surface area contributed by atoms with Gasteiger partial charge in [-0.15, -0.1) is 11.3 Å². The quantitative estimate of drug-likeness (QED) is 0.169. The van der Waals surface area contributed by atoms with Crippen molar-refractivity contribution in [2.24, 2.45) is 0 Å². The lowest BCUT2D eigenvalue weighted by Gasteiger charge is -2.11. The standard InChI is InChI=1S/C50H28N4OS/c1-2-13-30(14-3-1)45-39-27-26-36-35-19-11-21-40(46(35)55-47(36)44(39)38-18-6-8-22-41(38)51-45)50-53-48(31-24-25-34-33-17-7-9-23-42(33)56-43(34)28-31)52-49(54-50)37-20-10-15-29-12-4-5-16-32(29)37/h1-28H. The summed E-state index contributed by atoms with van der Waals surface area (Å²) in [6.45, 7) is 0. The van der Waals surface area contributed by atoms with E-state index in [2.05, 4.69) is 158 Å². The maximum Gasteiger partial charge on any atom is 0.167 e. The molecule has 0 saturated heterocycles. The molecule has 260 valence electrons. The first-order valence-corrected chi connectivity index (χ1v) is 19.5. The van der Waals surface area contributed by atoms with Gasteiger partial charge in [0.05, 0.1) is 16.8 Å². The maximum absolute atomic E-state index is 7.08. The van der Waals surface area contributed by atoms with Gasteiger partial charge in [-0.05, 0) is 41.1 Å². The first kappa shape index (κ1) is 31.1. The van der Waals surface area contributed by atoms with Crippen molar-refractivity contribution in [3.63, 3.8) is 0 Å². The molecule has 0 saturated carbocycles. The van der Waals surface area contributed by atoms with Gasteiger partial charge in [0.2, 0.25) is 0 Å². The van der Waals surface area contributed by atoms with Gasteiger partial charge in [-0.2, -0.15) is 0 Å². The van der Waals surface area contributed by atoms with Crippen molar-refractivity contribution in [2.75, 3.05) is 0 Å². The lowest BCUT2D eigenvalue weighted by Crippen LogP contribution is -2.00. The summed E-state index contributed by atoms with van der Waals surface area (Å²) in [7, 11) is 0. The molecule has 0 N–H and O–H groups in total. The van der Waals surface area contributed by atoms with Gasteiger partial charge in [0, 0.05) is 63.8 Å². The van der Waals surface area contributed by atoms with Gasteiger partial charge >= 0.3 is 0 Å². The zero-order valence-corrected chi connectivity index (χ0v) is 30.6. The van der Waals surface area contributed by atoms with Gasteiger partial charge in [0.25, 0.3) is 0 Å². The molecule has 0 radical (unpaired) electrons. The first-order valence-electron chi connectivity index (χ1n) is 18.6. The molecule has 0 bridgehead atoms. The summed E-state index contributed by atoms with van der Waals surface area (Å²) in [5, 5.41) is 9.87. The van der Waals surface area contributed by atoms with Crippen LogP contribution in [-0.4, -0.2) is 19.9 Å². The number of rotatable bonds is 4. The minimum Gasteiger partial charge on any atom is -0.455 e. The number of hydrogen-bond acceptors (Lipinski definition) is 6. The van der Waals surface area contributed by atoms with Crippen LogP contribution in [0.2, 0.25) is 0 Å². The number of furan rings is 1. The Balaban J connectivity index is 1.13. The van der Waals surface area contributed by atoms with Crippen LogP contribution in [0.4, 0.5) is 0 Å². The molecule has 8 aromatic carbocycles. The van der Waals surface area contributed by atoms with E-state index in [1.807, 2.05) is 12.1 Å². The number of nitrogens with zero attached hydrogens (tertiary/aromatic N) is 4. The van der Waals surface area contributed by atoms with E-state index in [1.54, 1.807) is 11.3 Å². The van der Waals surface area contributed by atoms with E-state index in [0.29, 0.717) is 17.5 Å². The van der Waals surface area contributed by atoms with E-state index in [0.717, 1.165) is 82.3 Å². The second kappa shape index (κ2) is 12.1. The highest BCUT2D eigenvalue weighted by molar-refractivity contribution is 7.25. The molecule has 56 heavy (non-hydrogen) atoms. The van der Waals surface area contributed by atoms with E-state index >= 15 is 0 Å². The van der Waals surface area contributed by atoms with Crippen LogP contribution in [0, 0.1) is 0 Å². The largest absolute Gasteiger partial charge is 0.455 e. The molecule has 0 fully saturated rings. The Hall–Kier alpha value is -7.28. The molecule has 4 aromatic heterocycles. The van der Waals surface area contributed by atoms with Gasteiger partial charge in [-0.25, -0.2) is 19.9 Å². The summed E-state index contributed by atoms with van der Waals surface area (Å²) >= 11 is 1.79. The summed E-state index contributed by atoms with van der Waals surface area (Å²) in [5.41, 5.74) is 7.16. The number of aromatic nitrogens is 4. The molecular weight excluding hydrogens is 705 g/mol. The van der Waals surface area contributed by atoms with Crippen LogP contribution in [0.1, 0.15) is 0 Å². The third-order valence-electron chi connectivity index (χ3n) is 10.9. The molecule has 0 spiro atoms. The smallest absolute Gasteiger partial charge is 0.167 e. The average molecular weight is 733 g/mol. The van der Waals surface area contributed by atoms with Crippen molar-refractivity contribution in [3.8, 4) is 45.4 Å². The number of para-hydroxylation sites is 2. The molecule has 0 aliphatic rings. The van der Waals surface area contributed by atoms with Crippen LogP contribution in [0.3, 0.4) is 0 Å². The zero-order chi connectivity index (χ0) is 36.7. The summed E-state index contributed by atoms with van der Waals surface area (Å²) in [6.07, 6.45) is 0. The van der Waals surface area contributed by atoms with Crippen LogP contribution in [0.15, 0.2) is 174 Å². The van der Waals surface area contributed by atoms with Gasteiger partial charge in [-0.3, -0.25) is 0 Å². The summed E-state index contributed by atoms with van der Waals surface area (Å²) < 4.78 is 9.53. The van der Waals surface area contributed by atoms with Crippen molar-refractivity contribution >= 4 is 85.9 Å². The van der Waals surface area contributed by atoms with E-state index in [1.165, 1.54) is 20.2 Å². The fourth-order valence-corrected chi connectivity index (χ4v) is 9.46. The number of benzene rings is 8.